The molecule has 0 fully saturated rings. The molecule has 0 saturated carbocycles. The van der Waals surface area contributed by atoms with Crippen molar-refractivity contribution in [2.75, 3.05) is 13.2 Å². The molecule has 1 rings (SSSR count). The Hall–Kier alpha value is -1.81. The zero-order valence-electron chi connectivity index (χ0n) is 11.2. The smallest absolute Gasteiger partial charge is 0.217 e. The maximum absolute atomic E-state index is 10.6. The third-order valence-electron chi connectivity index (χ3n) is 2.67. The summed E-state index contributed by atoms with van der Waals surface area (Å²) >= 11 is 0. The van der Waals surface area contributed by atoms with E-state index in [0.29, 0.717) is 13.0 Å². The lowest BCUT2D eigenvalue weighted by molar-refractivity contribution is -0.118. The highest BCUT2D eigenvalue weighted by atomic mass is 16.5. The summed E-state index contributed by atoms with van der Waals surface area (Å²) in [5, 5.41) is 3.33. The monoisotopic (exact) mass is 262 g/mol. The molecule has 0 spiro atoms. The van der Waals surface area contributed by atoms with Crippen LogP contribution < -0.4 is 15.8 Å². The summed E-state index contributed by atoms with van der Waals surface area (Å²) in [6.07, 6.45) is 3.96. The zero-order valence-corrected chi connectivity index (χ0v) is 11.2. The van der Waals surface area contributed by atoms with Gasteiger partial charge in [0.2, 0.25) is 5.91 Å². The van der Waals surface area contributed by atoms with E-state index < -0.39 is 0 Å². The van der Waals surface area contributed by atoms with E-state index in [9.17, 15) is 4.79 Å². The maximum atomic E-state index is 10.6. The highest BCUT2D eigenvalue weighted by Gasteiger charge is 2.01. The SMILES string of the molecule is C=CCOc1ccccc1CNCCCCC(N)=O. The van der Waals surface area contributed by atoms with Gasteiger partial charge < -0.3 is 15.8 Å². The molecule has 0 saturated heterocycles. The van der Waals surface area contributed by atoms with Crippen LogP contribution in [0.15, 0.2) is 36.9 Å². The van der Waals surface area contributed by atoms with E-state index in [-0.39, 0.29) is 5.91 Å². The third kappa shape index (κ3) is 6.62. The number of nitrogens with one attached hydrogen (secondary N) is 1. The van der Waals surface area contributed by atoms with Crippen LogP contribution in [-0.4, -0.2) is 19.1 Å². The molecule has 0 aliphatic rings. The average Bonchev–Trinajstić information content (AvgIpc) is 2.41. The Bertz CT molecular complexity index is 405. The van der Waals surface area contributed by atoms with Crippen LogP contribution in [0.5, 0.6) is 5.75 Å². The van der Waals surface area contributed by atoms with E-state index in [1.165, 1.54) is 0 Å². The van der Waals surface area contributed by atoms with Crippen LogP contribution >= 0.6 is 0 Å². The second-order valence-electron chi connectivity index (χ2n) is 4.31. The number of hydrogen-bond acceptors (Lipinski definition) is 3. The van der Waals surface area contributed by atoms with E-state index in [0.717, 1.165) is 37.2 Å². The quantitative estimate of drug-likeness (QED) is 0.500. The number of para-hydroxylation sites is 1. The second-order valence-corrected chi connectivity index (χ2v) is 4.31. The van der Waals surface area contributed by atoms with Gasteiger partial charge in [0.25, 0.3) is 0 Å². The number of carbonyl (C=O) groups is 1. The molecule has 0 aromatic heterocycles. The summed E-state index contributed by atoms with van der Waals surface area (Å²) in [7, 11) is 0. The molecule has 1 aromatic carbocycles. The van der Waals surface area contributed by atoms with Crippen LogP contribution in [0, 0.1) is 0 Å². The van der Waals surface area contributed by atoms with Crippen molar-refractivity contribution in [3.8, 4) is 5.75 Å². The fourth-order valence-electron chi connectivity index (χ4n) is 1.71. The minimum absolute atomic E-state index is 0.233. The van der Waals surface area contributed by atoms with Crippen molar-refractivity contribution in [2.24, 2.45) is 5.73 Å². The van der Waals surface area contributed by atoms with Crippen LogP contribution in [0.4, 0.5) is 0 Å². The summed E-state index contributed by atoms with van der Waals surface area (Å²) in [5.74, 6) is 0.648. The summed E-state index contributed by atoms with van der Waals surface area (Å²) < 4.78 is 5.58. The molecule has 4 nitrogen and oxygen atoms in total. The molecule has 104 valence electrons. The van der Waals surface area contributed by atoms with Gasteiger partial charge in [-0.3, -0.25) is 4.79 Å². The number of hydrogen-bond donors (Lipinski definition) is 2. The standard InChI is InChI=1S/C15H22N2O2/c1-2-11-19-14-8-4-3-7-13(14)12-17-10-6-5-9-15(16)18/h2-4,7-8,17H,1,5-6,9-12H2,(H2,16,18). The molecule has 0 aliphatic carbocycles. The largest absolute Gasteiger partial charge is 0.489 e. The first-order chi connectivity index (χ1) is 9.24. The topological polar surface area (TPSA) is 64.3 Å². The zero-order chi connectivity index (χ0) is 13.9. The van der Waals surface area contributed by atoms with Gasteiger partial charge in [0.1, 0.15) is 12.4 Å². The van der Waals surface area contributed by atoms with E-state index in [1.807, 2.05) is 24.3 Å². The summed E-state index contributed by atoms with van der Waals surface area (Å²) in [6.45, 7) is 5.76. The molecule has 0 unspecified atom stereocenters. The lowest BCUT2D eigenvalue weighted by Gasteiger charge is -2.10. The number of nitrogens with two attached hydrogens (primary N) is 1. The lowest BCUT2D eigenvalue weighted by Crippen LogP contribution is -2.16. The van der Waals surface area contributed by atoms with Gasteiger partial charge in [0.05, 0.1) is 0 Å². The van der Waals surface area contributed by atoms with E-state index >= 15 is 0 Å². The number of carbonyl (C=O) groups excluding carboxylic acids is 1. The Balaban J connectivity index is 2.28. The predicted octanol–water partition coefficient (Wildman–Crippen LogP) is 2.00. The van der Waals surface area contributed by atoms with Crippen molar-refractivity contribution in [3.05, 3.63) is 42.5 Å². The number of amides is 1. The molecule has 0 aliphatic heterocycles. The number of primary amides is 1. The molecule has 3 N–H and O–H groups in total. The number of ether oxygens (including phenoxy) is 1. The minimum atomic E-state index is -0.233. The minimum Gasteiger partial charge on any atom is -0.489 e. The fourth-order valence-corrected chi connectivity index (χ4v) is 1.71. The van der Waals surface area contributed by atoms with Crippen LogP contribution in [0.2, 0.25) is 0 Å². The Morgan fingerprint density at radius 1 is 1.37 bits per heavy atom. The van der Waals surface area contributed by atoms with Crippen molar-refractivity contribution in [1.29, 1.82) is 0 Å². The van der Waals surface area contributed by atoms with Crippen molar-refractivity contribution < 1.29 is 9.53 Å². The first-order valence-electron chi connectivity index (χ1n) is 6.54. The average molecular weight is 262 g/mol. The van der Waals surface area contributed by atoms with Crippen LogP contribution in [0.25, 0.3) is 0 Å². The lowest BCUT2D eigenvalue weighted by atomic mass is 10.2. The molecule has 1 aromatic rings. The molecule has 0 bridgehead atoms. The second kappa shape index (κ2) is 9.16. The van der Waals surface area contributed by atoms with E-state index in [2.05, 4.69) is 11.9 Å². The van der Waals surface area contributed by atoms with Gasteiger partial charge in [-0.2, -0.15) is 0 Å². The molecule has 19 heavy (non-hydrogen) atoms. The van der Waals surface area contributed by atoms with Crippen molar-refractivity contribution in [1.82, 2.24) is 5.32 Å². The molecular weight excluding hydrogens is 240 g/mol. The molecule has 1 amide bonds. The first kappa shape index (κ1) is 15.2. The van der Waals surface area contributed by atoms with Gasteiger partial charge in [-0.05, 0) is 25.5 Å². The van der Waals surface area contributed by atoms with E-state index in [4.69, 9.17) is 10.5 Å². The first-order valence-corrected chi connectivity index (χ1v) is 6.54. The van der Waals surface area contributed by atoms with Gasteiger partial charge in [-0.1, -0.05) is 30.9 Å². The summed E-state index contributed by atoms with van der Waals surface area (Å²) in [5.41, 5.74) is 6.20. The Kier molecular flexibility index (Phi) is 7.35. The highest BCUT2D eigenvalue weighted by Crippen LogP contribution is 2.17. The number of benzene rings is 1. The van der Waals surface area contributed by atoms with Gasteiger partial charge >= 0.3 is 0 Å². The van der Waals surface area contributed by atoms with Crippen LogP contribution in [0.1, 0.15) is 24.8 Å². The summed E-state index contributed by atoms with van der Waals surface area (Å²) in [4.78, 5) is 10.6. The Labute approximate surface area is 114 Å². The van der Waals surface area contributed by atoms with Gasteiger partial charge in [0.15, 0.2) is 0 Å². The van der Waals surface area contributed by atoms with Gasteiger partial charge in [0, 0.05) is 18.5 Å². The summed E-state index contributed by atoms with van der Waals surface area (Å²) in [6, 6.07) is 7.93. The molecular formula is C15H22N2O2. The van der Waals surface area contributed by atoms with E-state index in [1.54, 1.807) is 6.08 Å². The third-order valence-corrected chi connectivity index (χ3v) is 2.67. The normalized spacial score (nSPS) is 10.1. The van der Waals surface area contributed by atoms with Crippen molar-refractivity contribution in [3.63, 3.8) is 0 Å². The molecule has 0 radical (unpaired) electrons. The number of unbranched alkanes of at least 4 members (excludes halogenated alkanes) is 1. The van der Waals surface area contributed by atoms with Gasteiger partial charge in [-0.15, -0.1) is 0 Å². The van der Waals surface area contributed by atoms with Gasteiger partial charge in [-0.25, -0.2) is 0 Å². The molecule has 0 atom stereocenters. The Morgan fingerprint density at radius 3 is 2.89 bits per heavy atom. The number of rotatable bonds is 10. The van der Waals surface area contributed by atoms with Crippen LogP contribution in [-0.2, 0) is 11.3 Å². The highest BCUT2D eigenvalue weighted by molar-refractivity contribution is 5.73. The van der Waals surface area contributed by atoms with Crippen molar-refractivity contribution >= 4 is 5.91 Å². The van der Waals surface area contributed by atoms with Crippen molar-refractivity contribution in [2.45, 2.75) is 25.8 Å². The maximum Gasteiger partial charge on any atom is 0.217 e. The Morgan fingerprint density at radius 2 is 2.16 bits per heavy atom. The molecule has 0 heterocycles. The molecule has 4 heteroatoms. The van der Waals surface area contributed by atoms with Crippen LogP contribution in [0.3, 0.4) is 0 Å². The predicted molar refractivity (Wildman–Crippen MR) is 76.9 cm³/mol. The fraction of sp³-hybridized carbons (Fsp3) is 0.400.